The number of carboxylic acids is 1. The minimum atomic E-state index is -4.40. The van der Waals surface area contributed by atoms with Crippen molar-refractivity contribution in [2.45, 2.75) is 63.8 Å². The summed E-state index contributed by atoms with van der Waals surface area (Å²) in [5.41, 5.74) is 0. The van der Waals surface area contributed by atoms with Crippen molar-refractivity contribution in [3.05, 3.63) is 0 Å². The van der Waals surface area contributed by atoms with Crippen LogP contribution in [0.4, 0.5) is 0 Å². The number of ketones is 1. The van der Waals surface area contributed by atoms with E-state index in [0.29, 0.717) is 32.1 Å². The first-order valence-electron chi connectivity index (χ1n) is 8.19. The van der Waals surface area contributed by atoms with Crippen LogP contribution in [0.5, 0.6) is 0 Å². The minimum Gasteiger partial charge on any atom is -0.481 e. The first-order chi connectivity index (χ1) is 11.2. The van der Waals surface area contributed by atoms with Crippen LogP contribution in [0, 0.1) is 5.92 Å². The van der Waals surface area contributed by atoms with Gasteiger partial charge in [0.05, 0.1) is 0 Å². The molecule has 138 valence electrons. The summed E-state index contributed by atoms with van der Waals surface area (Å²) in [4.78, 5) is 34.7. The van der Waals surface area contributed by atoms with Crippen LogP contribution in [0.3, 0.4) is 0 Å². The van der Waals surface area contributed by atoms with Gasteiger partial charge in [0.15, 0.2) is 5.78 Å². The fourth-order valence-electron chi connectivity index (χ4n) is 2.83. The van der Waals surface area contributed by atoms with Gasteiger partial charge in [-0.15, -0.1) is 0 Å². The molecule has 1 atom stereocenters. The van der Waals surface area contributed by atoms with Crippen LogP contribution in [0.25, 0.3) is 0 Å². The van der Waals surface area contributed by atoms with E-state index >= 15 is 0 Å². The van der Waals surface area contributed by atoms with Crippen molar-refractivity contribution in [2.75, 3.05) is 5.75 Å². The third kappa shape index (κ3) is 8.39. The number of carboxylic acid groups (broad SMARTS) is 1. The van der Waals surface area contributed by atoms with E-state index < -0.39 is 33.7 Å². The molecule has 1 rings (SSSR count). The third-order valence-electron chi connectivity index (χ3n) is 4.12. The van der Waals surface area contributed by atoms with Gasteiger partial charge in [0.25, 0.3) is 10.1 Å². The maximum atomic E-state index is 12.2. The second kappa shape index (κ2) is 9.73. The maximum Gasteiger partial charge on any atom is 0.303 e. The molecule has 0 radical (unpaired) electrons. The largest absolute Gasteiger partial charge is 0.481 e. The van der Waals surface area contributed by atoms with Gasteiger partial charge >= 0.3 is 5.97 Å². The normalized spacial score (nSPS) is 16.7. The van der Waals surface area contributed by atoms with Crippen molar-refractivity contribution in [3.8, 4) is 0 Å². The highest BCUT2D eigenvalue weighted by Gasteiger charge is 2.29. The molecule has 0 aromatic heterocycles. The fraction of sp³-hybridized carbons (Fsp3) is 0.800. The summed E-state index contributed by atoms with van der Waals surface area (Å²) in [7, 11) is -4.40. The van der Waals surface area contributed by atoms with Crippen molar-refractivity contribution in [1.29, 1.82) is 0 Å². The zero-order valence-corrected chi connectivity index (χ0v) is 14.4. The Labute approximate surface area is 141 Å². The molecule has 1 amide bonds. The van der Waals surface area contributed by atoms with Gasteiger partial charge in [-0.3, -0.25) is 18.9 Å². The van der Waals surface area contributed by atoms with E-state index in [4.69, 9.17) is 9.66 Å². The molecule has 0 aromatic carbocycles. The average molecular weight is 363 g/mol. The molecule has 9 heteroatoms. The second-order valence-electron chi connectivity index (χ2n) is 6.21. The van der Waals surface area contributed by atoms with E-state index in [1.807, 2.05) is 0 Å². The lowest BCUT2D eigenvalue weighted by Crippen LogP contribution is -2.47. The van der Waals surface area contributed by atoms with E-state index in [1.54, 1.807) is 0 Å². The van der Waals surface area contributed by atoms with Gasteiger partial charge < -0.3 is 10.4 Å². The number of unbranched alkanes of at least 4 members (excludes halogenated alkanes) is 2. The Bertz CT molecular complexity index is 552. The quantitative estimate of drug-likeness (QED) is 0.370. The van der Waals surface area contributed by atoms with Crippen LogP contribution >= 0.6 is 0 Å². The summed E-state index contributed by atoms with van der Waals surface area (Å²) >= 11 is 0. The average Bonchev–Trinajstić information content (AvgIpc) is 2.98. The SMILES string of the molecule is O=C(O)CCCCCC(=O)C(CS(=O)(=O)O)NC(=O)C1CCCC1. The Balaban J connectivity index is 2.52. The highest BCUT2D eigenvalue weighted by atomic mass is 32.2. The Hall–Kier alpha value is -1.48. The summed E-state index contributed by atoms with van der Waals surface area (Å²) in [6, 6.07) is -1.26. The van der Waals surface area contributed by atoms with E-state index in [0.717, 1.165) is 12.8 Å². The first kappa shape index (κ1) is 20.6. The number of carbonyl (C=O) groups is 3. The molecule has 0 aromatic rings. The number of Topliss-reactive ketones (excluding diaryl/α,β-unsaturated/α-hetero) is 1. The summed E-state index contributed by atoms with van der Waals surface area (Å²) in [6.07, 6.45) is 4.70. The number of aliphatic carboxylic acids is 1. The Kier molecular flexibility index (Phi) is 8.34. The molecule has 8 nitrogen and oxygen atoms in total. The highest BCUT2D eigenvalue weighted by molar-refractivity contribution is 7.85. The lowest BCUT2D eigenvalue weighted by molar-refractivity contribution is -0.137. The molecule has 0 bridgehead atoms. The van der Waals surface area contributed by atoms with E-state index in [9.17, 15) is 22.8 Å². The minimum absolute atomic E-state index is 0.0149. The lowest BCUT2D eigenvalue weighted by atomic mass is 10.0. The zero-order valence-electron chi connectivity index (χ0n) is 13.6. The summed E-state index contributed by atoms with van der Waals surface area (Å²) < 4.78 is 31.2. The van der Waals surface area contributed by atoms with E-state index in [2.05, 4.69) is 5.32 Å². The monoisotopic (exact) mass is 363 g/mol. The number of nitrogens with one attached hydrogen (secondary N) is 1. The number of hydrogen-bond donors (Lipinski definition) is 3. The standard InChI is InChI=1S/C15H25NO7S/c17-13(8-2-1-3-9-14(18)19)12(10-24(21,22)23)16-15(20)11-6-4-5-7-11/h11-12H,1-10H2,(H,16,20)(H,18,19)(H,21,22,23). The van der Waals surface area contributed by atoms with Crippen LogP contribution in [-0.4, -0.2) is 47.5 Å². The number of hydrogen-bond acceptors (Lipinski definition) is 5. The molecule has 1 aliphatic carbocycles. The van der Waals surface area contributed by atoms with Crippen LogP contribution in [0.15, 0.2) is 0 Å². The van der Waals surface area contributed by atoms with E-state index in [1.165, 1.54) is 0 Å². The van der Waals surface area contributed by atoms with Crippen molar-refractivity contribution in [3.63, 3.8) is 0 Å². The molecule has 0 saturated heterocycles. The molecule has 1 aliphatic rings. The molecule has 1 unspecified atom stereocenters. The molecule has 3 N–H and O–H groups in total. The number of carbonyl (C=O) groups excluding carboxylic acids is 2. The summed E-state index contributed by atoms with van der Waals surface area (Å²) in [6.45, 7) is 0. The topological polar surface area (TPSA) is 138 Å². The summed E-state index contributed by atoms with van der Waals surface area (Å²) in [5.74, 6) is -2.76. The first-order valence-corrected chi connectivity index (χ1v) is 9.80. The van der Waals surface area contributed by atoms with Crippen molar-refractivity contribution >= 4 is 27.8 Å². The molecule has 0 aliphatic heterocycles. The van der Waals surface area contributed by atoms with E-state index in [-0.39, 0.29) is 24.7 Å². The molecular formula is C15H25NO7S. The number of rotatable bonds is 11. The molecule has 1 fully saturated rings. The molecule has 0 heterocycles. The fourth-order valence-corrected chi connectivity index (χ4v) is 3.52. The molecular weight excluding hydrogens is 338 g/mol. The number of amides is 1. The van der Waals surface area contributed by atoms with Gasteiger partial charge in [-0.2, -0.15) is 8.42 Å². The van der Waals surface area contributed by atoms with Gasteiger partial charge in [-0.1, -0.05) is 19.3 Å². The Morgan fingerprint density at radius 1 is 1.04 bits per heavy atom. The van der Waals surface area contributed by atoms with Gasteiger partial charge in [0, 0.05) is 18.8 Å². The highest BCUT2D eigenvalue weighted by Crippen LogP contribution is 2.24. The van der Waals surface area contributed by atoms with Crippen LogP contribution in [-0.2, 0) is 24.5 Å². The predicted molar refractivity (Wildman–Crippen MR) is 86.0 cm³/mol. The van der Waals surface area contributed by atoms with Crippen LogP contribution < -0.4 is 5.32 Å². The summed E-state index contributed by atoms with van der Waals surface area (Å²) in [5, 5.41) is 11.0. The Morgan fingerprint density at radius 2 is 1.62 bits per heavy atom. The second-order valence-corrected chi connectivity index (χ2v) is 7.71. The Morgan fingerprint density at radius 3 is 2.17 bits per heavy atom. The van der Waals surface area contributed by atoms with Crippen LogP contribution in [0.1, 0.15) is 57.8 Å². The maximum absolute atomic E-state index is 12.2. The van der Waals surface area contributed by atoms with Crippen LogP contribution in [0.2, 0.25) is 0 Å². The van der Waals surface area contributed by atoms with Gasteiger partial charge in [0.1, 0.15) is 11.8 Å². The predicted octanol–water partition coefficient (Wildman–Crippen LogP) is 1.15. The van der Waals surface area contributed by atoms with Crippen molar-refractivity contribution in [2.24, 2.45) is 5.92 Å². The molecule has 24 heavy (non-hydrogen) atoms. The van der Waals surface area contributed by atoms with Crippen molar-refractivity contribution < 1.29 is 32.5 Å². The third-order valence-corrected chi connectivity index (χ3v) is 4.88. The zero-order chi connectivity index (χ0) is 18.2. The lowest BCUT2D eigenvalue weighted by Gasteiger charge is -2.18. The smallest absolute Gasteiger partial charge is 0.303 e. The van der Waals surface area contributed by atoms with Gasteiger partial charge in [-0.05, 0) is 25.7 Å². The molecule has 1 saturated carbocycles. The molecule has 0 spiro atoms. The van der Waals surface area contributed by atoms with Crippen molar-refractivity contribution in [1.82, 2.24) is 5.32 Å². The van der Waals surface area contributed by atoms with Gasteiger partial charge in [0.2, 0.25) is 5.91 Å². The van der Waals surface area contributed by atoms with Gasteiger partial charge in [-0.25, -0.2) is 0 Å².